The van der Waals surface area contributed by atoms with Gasteiger partial charge in [0.15, 0.2) is 0 Å². The summed E-state index contributed by atoms with van der Waals surface area (Å²) in [5.74, 6) is 1.42. The Bertz CT molecular complexity index is 1020. The first kappa shape index (κ1) is 28.5. The first-order chi connectivity index (χ1) is 16.7. The first-order valence-electron chi connectivity index (χ1n) is 13.6. The maximum absolute atomic E-state index is 6.61. The molecular formula is C31H47BN2O2. The van der Waals surface area contributed by atoms with Crippen molar-refractivity contribution in [3.63, 3.8) is 0 Å². The fourth-order valence-corrected chi connectivity index (χ4v) is 4.73. The maximum Gasteiger partial charge on any atom is 0.599 e. The van der Waals surface area contributed by atoms with Crippen molar-refractivity contribution in [2.75, 3.05) is 4.81 Å². The molecule has 0 spiro atoms. The largest absolute Gasteiger partial charge is 0.599 e. The second-order valence-corrected chi connectivity index (χ2v) is 12.4. The van der Waals surface area contributed by atoms with Crippen LogP contribution in [0.1, 0.15) is 129 Å². The van der Waals surface area contributed by atoms with E-state index in [4.69, 9.17) is 14.3 Å². The van der Waals surface area contributed by atoms with Crippen LogP contribution in [0.5, 0.6) is 0 Å². The number of anilines is 1. The van der Waals surface area contributed by atoms with Crippen LogP contribution in [0.4, 0.5) is 11.4 Å². The van der Waals surface area contributed by atoms with E-state index < -0.39 is 18.5 Å². The molecule has 5 heteroatoms. The van der Waals surface area contributed by atoms with Crippen molar-refractivity contribution in [3.05, 3.63) is 58.7 Å². The molecule has 1 heterocycles. The zero-order valence-corrected chi connectivity index (χ0v) is 24.6. The van der Waals surface area contributed by atoms with E-state index in [0.29, 0.717) is 23.7 Å². The van der Waals surface area contributed by atoms with Gasteiger partial charge in [-0.15, -0.1) is 0 Å². The minimum absolute atomic E-state index is 0.339. The van der Waals surface area contributed by atoms with Gasteiger partial charge in [-0.3, -0.25) is 0 Å². The third-order valence-corrected chi connectivity index (χ3v) is 7.72. The highest BCUT2D eigenvalue weighted by molar-refractivity contribution is 6.55. The highest BCUT2D eigenvalue weighted by atomic mass is 16.7. The molecule has 1 saturated heterocycles. The van der Waals surface area contributed by atoms with E-state index in [2.05, 4.69) is 124 Å². The third-order valence-electron chi connectivity index (χ3n) is 7.72. The fraction of sp³-hybridized carbons (Fsp3) is 0.581. The number of benzene rings is 2. The molecule has 2 aromatic carbocycles. The average molecular weight is 491 g/mol. The lowest BCUT2D eigenvalue weighted by atomic mass is 9.89. The maximum atomic E-state index is 6.61. The van der Waals surface area contributed by atoms with Crippen LogP contribution >= 0.6 is 0 Å². The van der Waals surface area contributed by atoms with Gasteiger partial charge >= 0.3 is 7.25 Å². The Morgan fingerprint density at radius 2 is 1.03 bits per heavy atom. The summed E-state index contributed by atoms with van der Waals surface area (Å²) in [6.07, 6.45) is 1.96. The van der Waals surface area contributed by atoms with Crippen LogP contribution < -0.4 is 4.81 Å². The molecule has 2 aromatic rings. The standard InChI is InChI=1S/C31H47BN2O2/c1-20(2)24-15-13-16-25(21(3)4)28(24)33-19-34(32-35-30(9,10)31(11,12)36-32)29-26(22(5)6)17-14-18-27(29)23(7)8/h13-23H,1-12H3. The zero-order valence-electron chi connectivity index (χ0n) is 24.6. The van der Waals surface area contributed by atoms with Crippen LogP contribution in [0.15, 0.2) is 41.4 Å². The lowest BCUT2D eigenvalue weighted by Crippen LogP contribution is -2.43. The Morgan fingerprint density at radius 1 is 0.667 bits per heavy atom. The summed E-state index contributed by atoms with van der Waals surface area (Å²) in [6.45, 7) is 26.3. The van der Waals surface area contributed by atoms with Gasteiger partial charge in [0.05, 0.1) is 23.2 Å². The Hall–Kier alpha value is -2.11. The molecule has 0 atom stereocenters. The monoisotopic (exact) mass is 490 g/mol. The second kappa shape index (κ2) is 10.7. The van der Waals surface area contributed by atoms with E-state index in [1.165, 1.54) is 22.3 Å². The lowest BCUT2D eigenvalue weighted by Gasteiger charge is -2.32. The van der Waals surface area contributed by atoms with Crippen LogP contribution in [0.25, 0.3) is 0 Å². The van der Waals surface area contributed by atoms with Crippen molar-refractivity contribution in [1.82, 2.24) is 0 Å². The topological polar surface area (TPSA) is 34.1 Å². The molecule has 0 radical (unpaired) electrons. The van der Waals surface area contributed by atoms with Gasteiger partial charge in [-0.25, -0.2) is 4.99 Å². The number of rotatable bonds is 8. The van der Waals surface area contributed by atoms with E-state index in [0.717, 1.165) is 11.4 Å². The Balaban J connectivity index is 2.26. The Morgan fingerprint density at radius 3 is 1.39 bits per heavy atom. The first-order valence-corrected chi connectivity index (χ1v) is 13.6. The summed E-state index contributed by atoms with van der Waals surface area (Å²) in [6, 6.07) is 13.2. The van der Waals surface area contributed by atoms with E-state index >= 15 is 0 Å². The van der Waals surface area contributed by atoms with Crippen molar-refractivity contribution in [3.8, 4) is 0 Å². The van der Waals surface area contributed by atoms with Crippen LogP contribution in [0, 0.1) is 0 Å². The molecular weight excluding hydrogens is 443 g/mol. The Kier molecular flexibility index (Phi) is 8.47. The summed E-state index contributed by atoms with van der Waals surface area (Å²) >= 11 is 0. The molecule has 1 aliphatic rings. The minimum atomic E-state index is -0.579. The summed E-state index contributed by atoms with van der Waals surface area (Å²) in [7, 11) is -0.579. The number of hydrogen-bond acceptors (Lipinski definition) is 3. The highest BCUT2D eigenvalue weighted by Crippen LogP contribution is 2.42. The SMILES string of the molecule is CC(C)c1cccc(C(C)C)c1N=CN(B1OC(C)(C)C(C)(C)O1)c1c(C(C)C)cccc1C(C)C. The summed E-state index contributed by atoms with van der Waals surface area (Å²) < 4.78 is 13.2. The van der Waals surface area contributed by atoms with Crippen molar-refractivity contribution in [2.24, 2.45) is 4.99 Å². The smallest absolute Gasteiger partial charge is 0.384 e. The van der Waals surface area contributed by atoms with Gasteiger partial charge < -0.3 is 14.1 Å². The van der Waals surface area contributed by atoms with Crippen LogP contribution in [-0.4, -0.2) is 24.8 Å². The minimum Gasteiger partial charge on any atom is -0.384 e. The molecule has 0 amide bonds. The van der Waals surface area contributed by atoms with Gasteiger partial charge in [0.25, 0.3) is 0 Å². The molecule has 3 rings (SSSR count). The molecule has 1 aliphatic heterocycles. The molecule has 36 heavy (non-hydrogen) atoms. The molecule has 0 bridgehead atoms. The molecule has 1 fully saturated rings. The quantitative estimate of drug-likeness (QED) is 0.210. The number of aliphatic imine (C=N–C) groups is 1. The van der Waals surface area contributed by atoms with Gasteiger partial charge in [-0.2, -0.15) is 0 Å². The summed E-state index contributed by atoms with van der Waals surface area (Å²) in [4.78, 5) is 7.35. The third kappa shape index (κ3) is 5.58. The van der Waals surface area contributed by atoms with Gasteiger partial charge in [0.1, 0.15) is 0 Å². The normalized spacial score (nSPS) is 17.4. The van der Waals surface area contributed by atoms with Crippen LogP contribution in [-0.2, 0) is 9.31 Å². The number of para-hydroxylation sites is 2. The van der Waals surface area contributed by atoms with Gasteiger partial charge in [-0.1, -0.05) is 91.8 Å². The molecule has 0 aromatic heterocycles. The van der Waals surface area contributed by atoms with E-state index in [-0.39, 0.29) is 0 Å². The van der Waals surface area contributed by atoms with E-state index in [1.807, 2.05) is 6.34 Å². The average Bonchev–Trinajstić information content (AvgIpc) is 2.99. The summed E-state index contributed by atoms with van der Waals surface area (Å²) in [5.41, 5.74) is 6.34. The predicted octanol–water partition coefficient (Wildman–Crippen LogP) is 8.94. The predicted molar refractivity (Wildman–Crippen MR) is 156 cm³/mol. The van der Waals surface area contributed by atoms with E-state index in [1.54, 1.807) is 0 Å². The van der Waals surface area contributed by atoms with Crippen molar-refractivity contribution < 1.29 is 9.31 Å². The highest BCUT2D eigenvalue weighted by Gasteiger charge is 2.54. The van der Waals surface area contributed by atoms with Gasteiger partial charge in [0.2, 0.25) is 0 Å². The van der Waals surface area contributed by atoms with E-state index in [9.17, 15) is 0 Å². The second-order valence-electron chi connectivity index (χ2n) is 12.4. The molecule has 0 saturated carbocycles. The van der Waals surface area contributed by atoms with Gasteiger partial charge in [0, 0.05) is 5.69 Å². The van der Waals surface area contributed by atoms with Crippen molar-refractivity contribution in [1.29, 1.82) is 0 Å². The van der Waals surface area contributed by atoms with Crippen LogP contribution in [0.3, 0.4) is 0 Å². The summed E-state index contributed by atoms with van der Waals surface area (Å²) in [5, 5.41) is 0. The number of hydrogen-bond donors (Lipinski definition) is 0. The molecule has 196 valence electrons. The van der Waals surface area contributed by atoms with Gasteiger partial charge in [-0.05, 0) is 73.6 Å². The molecule has 0 aliphatic carbocycles. The number of nitrogens with zero attached hydrogens (tertiary/aromatic N) is 2. The molecule has 0 N–H and O–H groups in total. The fourth-order valence-electron chi connectivity index (χ4n) is 4.73. The van der Waals surface area contributed by atoms with Crippen LogP contribution in [0.2, 0.25) is 0 Å². The Labute approximate surface area is 220 Å². The molecule has 4 nitrogen and oxygen atoms in total. The lowest BCUT2D eigenvalue weighted by molar-refractivity contribution is 0.00578. The van der Waals surface area contributed by atoms with Crippen molar-refractivity contribution >= 4 is 25.0 Å². The zero-order chi connectivity index (χ0) is 27.0. The molecule has 0 unspecified atom stereocenters. The van der Waals surface area contributed by atoms with Crippen molar-refractivity contribution in [2.45, 2.75) is 118 Å².